The monoisotopic (exact) mass is 337 g/mol. The average molecular weight is 337 g/mol. The highest BCUT2D eigenvalue weighted by atomic mass is 32.2. The summed E-state index contributed by atoms with van der Waals surface area (Å²) in [6.45, 7) is 1.24. The molecule has 2 atom stereocenters. The lowest BCUT2D eigenvalue weighted by Gasteiger charge is -2.47. The molecule has 8 heteroatoms. The number of piperazine rings is 2. The van der Waals surface area contributed by atoms with Gasteiger partial charge in [-0.05, 0) is 11.4 Å². The second kappa shape index (κ2) is 5.27. The Labute approximate surface area is 136 Å². The zero-order valence-corrected chi connectivity index (χ0v) is 13.4. The molecule has 4 rings (SSSR count). The maximum Gasteiger partial charge on any atom is 0.264 e. The lowest BCUT2D eigenvalue weighted by atomic mass is 10.0. The molecule has 116 valence electrons. The van der Waals surface area contributed by atoms with E-state index in [4.69, 9.17) is 0 Å². The first-order valence-corrected chi connectivity index (χ1v) is 9.22. The molecule has 0 bridgehead atoms. The number of hydrogen-bond acceptors (Lipinski definition) is 5. The van der Waals surface area contributed by atoms with Gasteiger partial charge in [-0.2, -0.15) is 0 Å². The molecule has 3 aliphatic heterocycles. The highest BCUT2D eigenvalue weighted by Gasteiger charge is 2.50. The van der Waals surface area contributed by atoms with Gasteiger partial charge in [-0.3, -0.25) is 14.4 Å². The van der Waals surface area contributed by atoms with Crippen LogP contribution in [0, 0.1) is 0 Å². The summed E-state index contributed by atoms with van der Waals surface area (Å²) >= 11 is 3.02. The van der Waals surface area contributed by atoms with E-state index in [1.54, 1.807) is 32.5 Å². The van der Waals surface area contributed by atoms with E-state index in [1.165, 1.54) is 11.3 Å². The van der Waals surface area contributed by atoms with E-state index < -0.39 is 6.04 Å². The van der Waals surface area contributed by atoms with Gasteiger partial charge in [-0.1, -0.05) is 6.07 Å². The molecule has 6 nitrogen and oxygen atoms in total. The van der Waals surface area contributed by atoms with Gasteiger partial charge in [0.25, 0.3) is 5.91 Å². The van der Waals surface area contributed by atoms with Crippen LogP contribution in [0.2, 0.25) is 0 Å². The van der Waals surface area contributed by atoms with Gasteiger partial charge in [-0.25, -0.2) is 0 Å². The minimum Gasteiger partial charge on any atom is -0.334 e. The van der Waals surface area contributed by atoms with Crippen molar-refractivity contribution in [1.29, 1.82) is 0 Å². The summed E-state index contributed by atoms with van der Waals surface area (Å²) in [5, 5.41) is 1.87. The molecule has 0 N–H and O–H groups in total. The number of carbonyl (C=O) groups excluding carboxylic acids is 3. The van der Waals surface area contributed by atoms with Crippen LogP contribution in [0.15, 0.2) is 17.5 Å². The summed E-state index contributed by atoms with van der Waals surface area (Å²) in [5.41, 5.74) is 0. The molecule has 22 heavy (non-hydrogen) atoms. The van der Waals surface area contributed by atoms with Gasteiger partial charge >= 0.3 is 0 Å². The average Bonchev–Trinajstić information content (AvgIpc) is 3.22. The standard InChI is InChI=1S/C14H15N3O3S2/c18-12-9-6-15(14(20)11-2-1-5-22-11)3-4-16(9)13(19)10-7-21-8-17(10)12/h1-2,5,9-10H,3-4,6-8H2/t9-,10+/m1/s1. The van der Waals surface area contributed by atoms with Gasteiger partial charge in [0.1, 0.15) is 12.1 Å². The Bertz CT molecular complexity index is 633. The molecule has 3 aliphatic rings. The number of fused-ring (bicyclic) bond motifs is 2. The fourth-order valence-electron chi connectivity index (χ4n) is 3.25. The fraction of sp³-hybridized carbons (Fsp3) is 0.500. The van der Waals surface area contributed by atoms with Crippen LogP contribution in [-0.4, -0.2) is 75.8 Å². The zero-order chi connectivity index (χ0) is 15.3. The van der Waals surface area contributed by atoms with Gasteiger partial charge in [0, 0.05) is 18.8 Å². The summed E-state index contributed by atoms with van der Waals surface area (Å²) in [6, 6.07) is 2.82. The molecule has 0 spiro atoms. The summed E-state index contributed by atoms with van der Waals surface area (Å²) in [7, 11) is 0. The lowest BCUT2D eigenvalue weighted by molar-refractivity contribution is -0.161. The summed E-state index contributed by atoms with van der Waals surface area (Å²) in [4.78, 5) is 43.3. The smallest absolute Gasteiger partial charge is 0.264 e. The maximum absolute atomic E-state index is 12.6. The van der Waals surface area contributed by atoms with Crippen molar-refractivity contribution in [1.82, 2.24) is 14.7 Å². The van der Waals surface area contributed by atoms with Gasteiger partial charge in [0.05, 0.1) is 17.3 Å². The second-order valence-corrected chi connectivity index (χ2v) is 7.55. The van der Waals surface area contributed by atoms with Crippen LogP contribution < -0.4 is 0 Å². The van der Waals surface area contributed by atoms with E-state index in [2.05, 4.69) is 0 Å². The molecule has 3 saturated heterocycles. The third kappa shape index (κ3) is 2.04. The third-order valence-electron chi connectivity index (χ3n) is 4.42. The molecule has 1 aromatic heterocycles. The van der Waals surface area contributed by atoms with Gasteiger partial charge in [-0.15, -0.1) is 23.1 Å². The quantitative estimate of drug-likeness (QED) is 0.740. The van der Waals surface area contributed by atoms with E-state index in [9.17, 15) is 14.4 Å². The Balaban J connectivity index is 1.56. The number of amides is 3. The molecule has 4 heterocycles. The number of nitrogens with zero attached hydrogens (tertiary/aromatic N) is 3. The van der Waals surface area contributed by atoms with Crippen LogP contribution in [0.25, 0.3) is 0 Å². The van der Waals surface area contributed by atoms with E-state index in [1.807, 2.05) is 11.4 Å². The first-order chi connectivity index (χ1) is 10.7. The Kier molecular flexibility index (Phi) is 3.37. The van der Waals surface area contributed by atoms with Crippen LogP contribution in [0.4, 0.5) is 0 Å². The minimum atomic E-state index is -0.514. The van der Waals surface area contributed by atoms with Crippen molar-refractivity contribution in [2.45, 2.75) is 12.1 Å². The highest BCUT2D eigenvalue weighted by Crippen LogP contribution is 2.30. The predicted molar refractivity (Wildman–Crippen MR) is 83.7 cm³/mol. The number of thiophene rings is 1. The summed E-state index contributed by atoms with van der Waals surface area (Å²) in [6.07, 6.45) is 0. The van der Waals surface area contributed by atoms with Crippen LogP contribution in [0.1, 0.15) is 9.67 Å². The molecule has 0 aromatic carbocycles. The van der Waals surface area contributed by atoms with E-state index in [0.29, 0.717) is 36.1 Å². The number of carbonyl (C=O) groups is 3. The van der Waals surface area contributed by atoms with Crippen LogP contribution in [0.3, 0.4) is 0 Å². The molecule has 0 unspecified atom stereocenters. The van der Waals surface area contributed by atoms with Crippen LogP contribution in [-0.2, 0) is 9.59 Å². The first-order valence-electron chi connectivity index (χ1n) is 7.18. The summed E-state index contributed by atoms with van der Waals surface area (Å²) < 4.78 is 0. The molecule has 1 aromatic rings. The molecule has 0 radical (unpaired) electrons. The van der Waals surface area contributed by atoms with Crippen molar-refractivity contribution in [3.05, 3.63) is 22.4 Å². The fourth-order valence-corrected chi connectivity index (χ4v) is 5.09. The Morgan fingerprint density at radius 3 is 2.73 bits per heavy atom. The van der Waals surface area contributed by atoms with Crippen molar-refractivity contribution in [2.24, 2.45) is 0 Å². The third-order valence-corrected chi connectivity index (χ3v) is 6.29. The van der Waals surface area contributed by atoms with Crippen molar-refractivity contribution >= 4 is 40.8 Å². The van der Waals surface area contributed by atoms with E-state index in [0.717, 1.165) is 0 Å². The van der Waals surface area contributed by atoms with Crippen molar-refractivity contribution in [2.75, 3.05) is 31.3 Å². The van der Waals surface area contributed by atoms with Gasteiger partial charge < -0.3 is 14.7 Å². The SMILES string of the molecule is O=C(c1cccs1)N1CCN2C(=O)[C@@H]3CSCN3C(=O)[C@H]2C1. The number of thioether (sulfide) groups is 1. The van der Waals surface area contributed by atoms with Gasteiger partial charge in [0.2, 0.25) is 11.8 Å². The second-order valence-electron chi connectivity index (χ2n) is 5.60. The van der Waals surface area contributed by atoms with Crippen molar-refractivity contribution < 1.29 is 14.4 Å². The Morgan fingerprint density at radius 1 is 1.14 bits per heavy atom. The Morgan fingerprint density at radius 2 is 1.95 bits per heavy atom. The van der Waals surface area contributed by atoms with Crippen molar-refractivity contribution in [3.8, 4) is 0 Å². The largest absolute Gasteiger partial charge is 0.334 e. The molecular weight excluding hydrogens is 322 g/mol. The van der Waals surface area contributed by atoms with Gasteiger partial charge in [0.15, 0.2) is 0 Å². The maximum atomic E-state index is 12.6. The molecule has 0 saturated carbocycles. The van der Waals surface area contributed by atoms with E-state index >= 15 is 0 Å². The van der Waals surface area contributed by atoms with E-state index in [-0.39, 0.29) is 23.8 Å². The van der Waals surface area contributed by atoms with Crippen molar-refractivity contribution in [3.63, 3.8) is 0 Å². The number of hydrogen-bond donors (Lipinski definition) is 0. The molecule has 0 aliphatic carbocycles. The molecular formula is C14H15N3O3S2. The predicted octanol–water partition coefficient (Wildman–Crippen LogP) is 0.316. The van der Waals surface area contributed by atoms with Crippen LogP contribution >= 0.6 is 23.1 Å². The normalized spacial score (nSPS) is 27.9. The highest BCUT2D eigenvalue weighted by molar-refractivity contribution is 7.99. The lowest BCUT2D eigenvalue weighted by Crippen LogP contribution is -2.69. The zero-order valence-electron chi connectivity index (χ0n) is 11.8. The Hall–Kier alpha value is -1.54. The number of rotatable bonds is 1. The summed E-state index contributed by atoms with van der Waals surface area (Å²) in [5.74, 6) is 1.24. The van der Waals surface area contributed by atoms with Crippen LogP contribution in [0.5, 0.6) is 0 Å². The minimum absolute atomic E-state index is 0.0155. The first kappa shape index (κ1) is 14.1. The molecule has 3 fully saturated rings. The topological polar surface area (TPSA) is 60.9 Å². The molecule has 3 amide bonds.